The van der Waals surface area contributed by atoms with E-state index in [9.17, 15) is 9.59 Å². The standard InChI is InChI=1S/C26H25N5O2S/c1-3-31-24(19-11-9-10-18(2)16-19)29-30-26(31)34-17-23(32)28-22-15-8-7-14-21(22)25(33)27-20-12-5-4-6-13-20/h4-16H,3,17H2,1-2H3,(H,27,33)(H,28,32). The van der Waals surface area contributed by atoms with E-state index >= 15 is 0 Å². The zero-order valence-corrected chi connectivity index (χ0v) is 19.8. The summed E-state index contributed by atoms with van der Waals surface area (Å²) in [5.74, 6) is 0.397. The van der Waals surface area contributed by atoms with Crippen molar-refractivity contribution in [2.45, 2.75) is 25.5 Å². The predicted octanol–water partition coefficient (Wildman–Crippen LogP) is 5.26. The lowest BCUT2D eigenvalue weighted by molar-refractivity contribution is -0.113. The topological polar surface area (TPSA) is 88.9 Å². The highest BCUT2D eigenvalue weighted by Crippen LogP contribution is 2.25. The number of carbonyl (C=O) groups excluding carboxylic acids is 2. The number of hydrogen-bond donors (Lipinski definition) is 2. The number of nitrogens with zero attached hydrogens (tertiary/aromatic N) is 3. The van der Waals surface area contributed by atoms with Gasteiger partial charge < -0.3 is 15.2 Å². The lowest BCUT2D eigenvalue weighted by Gasteiger charge is -2.12. The van der Waals surface area contributed by atoms with Crippen LogP contribution in [0.1, 0.15) is 22.8 Å². The Bertz CT molecular complexity index is 1300. The van der Waals surface area contributed by atoms with Crippen molar-refractivity contribution < 1.29 is 9.59 Å². The maximum absolute atomic E-state index is 12.8. The smallest absolute Gasteiger partial charge is 0.257 e. The summed E-state index contributed by atoms with van der Waals surface area (Å²) in [6.45, 7) is 4.74. The second-order valence-electron chi connectivity index (χ2n) is 7.62. The van der Waals surface area contributed by atoms with Crippen LogP contribution in [-0.4, -0.2) is 32.3 Å². The average Bonchev–Trinajstić information content (AvgIpc) is 3.27. The van der Waals surface area contributed by atoms with E-state index in [1.165, 1.54) is 11.8 Å². The van der Waals surface area contributed by atoms with Crippen LogP contribution in [0.2, 0.25) is 0 Å². The SMILES string of the molecule is CCn1c(SCC(=O)Nc2ccccc2C(=O)Nc2ccccc2)nnc1-c1cccc(C)c1. The first-order chi connectivity index (χ1) is 16.5. The van der Waals surface area contributed by atoms with Crippen LogP contribution in [0.3, 0.4) is 0 Å². The third kappa shape index (κ3) is 5.52. The summed E-state index contributed by atoms with van der Waals surface area (Å²) in [7, 11) is 0. The number of hydrogen-bond acceptors (Lipinski definition) is 5. The Hall–Kier alpha value is -3.91. The molecule has 0 aliphatic heterocycles. The third-order valence-corrected chi connectivity index (χ3v) is 6.09. The van der Waals surface area contributed by atoms with E-state index in [0.29, 0.717) is 28.6 Å². The number of aryl methyl sites for hydroxylation is 1. The molecule has 0 aliphatic carbocycles. The maximum Gasteiger partial charge on any atom is 0.257 e. The van der Waals surface area contributed by atoms with Gasteiger partial charge in [-0.15, -0.1) is 10.2 Å². The molecule has 0 saturated carbocycles. The molecule has 2 amide bonds. The Morgan fingerprint density at radius 3 is 2.44 bits per heavy atom. The van der Waals surface area contributed by atoms with Crippen LogP contribution < -0.4 is 10.6 Å². The molecule has 0 bridgehead atoms. The minimum absolute atomic E-state index is 0.139. The number of amides is 2. The van der Waals surface area contributed by atoms with Crippen molar-refractivity contribution in [2.75, 3.05) is 16.4 Å². The lowest BCUT2D eigenvalue weighted by atomic mass is 10.1. The van der Waals surface area contributed by atoms with Gasteiger partial charge in [-0.25, -0.2) is 0 Å². The average molecular weight is 472 g/mol. The Labute approximate surface area is 202 Å². The predicted molar refractivity (Wildman–Crippen MR) is 136 cm³/mol. The molecule has 0 saturated heterocycles. The quantitative estimate of drug-likeness (QED) is 0.342. The highest BCUT2D eigenvalue weighted by molar-refractivity contribution is 7.99. The largest absolute Gasteiger partial charge is 0.325 e. The molecule has 0 fully saturated rings. The summed E-state index contributed by atoms with van der Waals surface area (Å²) >= 11 is 1.31. The molecular formula is C26H25N5O2S. The van der Waals surface area contributed by atoms with Gasteiger partial charge in [0.25, 0.3) is 5.91 Å². The van der Waals surface area contributed by atoms with E-state index in [2.05, 4.69) is 26.9 Å². The van der Waals surface area contributed by atoms with Gasteiger partial charge in [0, 0.05) is 17.8 Å². The summed E-state index contributed by atoms with van der Waals surface area (Å²) in [6.07, 6.45) is 0. The molecule has 0 spiro atoms. The lowest BCUT2D eigenvalue weighted by Crippen LogP contribution is -2.19. The summed E-state index contributed by atoms with van der Waals surface area (Å²) in [4.78, 5) is 25.5. The first-order valence-electron chi connectivity index (χ1n) is 10.9. The fourth-order valence-electron chi connectivity index (χ4n) is 3.50. The molecule has 0 atom stereocenters. The fourth-order valence-corrected chi connectivity index (χ4v) is 4.31. The second kappa shape index (κ2) is 10.8. The number of thioether (sulfide) groups is 1. The van der Waals surface area contributed by atoms with Gasteiger partial charge in [-0.05, 0) is 44.2 Å². The van der Waals surface area contributed by atoms with Crippen LogP contribution in [0.5, 0.6) is 0 Å². The molecule has 2 N–H and O–H groups in total. The van der Waals surface area contributed by atoms with Gasteiger partial charge in [-0.1, -0.05) is 65.9 Å². The fraction of sp³-hybridized carbons (Fsp3) is 0.154. The minimum atomic E-state index is -0.289. The molecule has 8 heteroatoms. The number of anilines is 2. The highest BCUT2D eigenvalue weighted by Gasteiger charge is 2.17. The highest BCUT2D eigenvalue weighted by atomic mass is 32.2. The van der Waals surface area contributed by atoms with E-state index in [0.717, 1.165) is 17.0 Å². The van der Waals surface area contributed by atoms with Gasteiger partial charge in [-0.2, -0.15) is 0 Å². The van der Waals surface area contributed by atoms with Crippen LogP contribution in [0.25, 0.3) is 11.4 Å². The van der Waals surface area contributed by atoms with Gasteiger partial charge in [0.1, 0.15) is 0 Å². The molecule has 34 heavy (non-hydrogen) atoms. The molecule has 0 unspecified atom stereocenters. The Morgan fingerprint density at radius 2 is 1.68 bits per heavy atom. The van der Waals surface area contributed by atoms with E-state index in [1.54, 1.807) is 24.3 Å². The first kappa shape index (κ1) is 23.3. The summed E-state index contributed by atoms with van der Waals surface area (Å²) in [5.41, 5.74) is 3.67. The molecule has 7 nitrogen and oxygen atoms in total. The van der Waals surface area contributed by atoms with Crippen LogP contribution in [0, 0.1) is 6.92 Å². The number of carbonyl (C=O) groups is 2. The summed E-state index contributed by atoms with van der Waals surface area (Å²) in [6, 6.07) is 24.2. The maximum atomic E-state index is 12.8. The Morgan fingerprint density at radius 1 is 0.912 bits per heavy atom. The third-order valence-electron chi connectivity index (χ3n) is 5.12. The Kier molecular flexibility index (Phi) is 7.39. The zero-order chi connectivity index (χ0) is 23.9. The summed E-state index contributed by atoms with van der Waals surface area (Å²) < 4.78 is 1.99. The van der Waals surface area contributed by atoms with E-state index in [4.69, 9.17) is 0 Å². The van der Waals surface area contributed by atoms with Crippen molar-refractivity contribution >= 4 is 35.0 Å². The number of para-hydroxylation sites is 2. The second-order valence-corrected chi connectivity index (χ2v) is 8.57. The summed E-state index contributed by atoms with van der Waals surface area (Å²) in [5, 5.41) is 15.0. The molecule has 172 valence electrons. The number of rotatable bonds is 8. The molecule has 1 aromatic heterocycles. The minimum Gasteiger partial charge on any atom is -0.325 e. The van der Waals surface area contributed by atoms with Gasteiger partial charge in [-0.3, -0.25) is 9.59 Å². The van der Waals surface area contributed by atoms with E-state index < -0.39 is 0 Å². The van der Waals surface area contributed by atoms with Crippen LogP contribution >= 0.6 is 11.8 Å². The molecule has 0 aliphatic rings. The van der Waals surface area contributed by atoms with Crippen molar-refractivity contribution in [3.63, 3.8) is 0 Å². The number of aromatic nitrogens is 3. The van der Waals surface area contributed by atoms with Crippen molar-refractivity contribution in [3.05, 3.63) is 90.0 Å². The monoisotopic (exact) mass is 471 g/mol. The van der Waals surface area contributed by atoms with Gasteiger partial charge in [0.15, 0.2) is 11.0 Å². The van der Waals surface area contributed by atoms with Gasteiger partial charge in [0.2, 0.25) is 5.91 Å². The molecule has 0 radical (unpaired) electrons. The Balaban J connectivity index is 1.43. The molecule has 4 rings (SSSR count). The molecular weight excluding hydrogens is 446 g/mol. The van der Waals surface area contributed by atoms with Crippen molar-refractivity contribution in [2.24, 2.45) is 0 Å². The number of nitrogens with one attached hydrogen (secondary N) is 2. The van der Waals surface area contributed by atoms with Crippen LogP contribution in [-0.2, 0) is 11.3 Å². The number of benzene rings is 3. The normalized spacial score (nSPS) is 10.6. The van der Waals surface area contributed by atoms with E-state index in [-0.39, 0.29) is 17.6 Å². The van der Waals surface area contributed by atoms with Crippen LogP contribution in [0.4, 0.5) is 11.4 Å². The van der Waals surface area contributed by atoms with Crippen molar-refractivity contribution in [1.82, 2.24) is 14.8 Å². The molecule has 1 heterocycles. The van der Waals surface area contributed by atoms with Crippen molar-refractivity contribution in [3.8, 4) is 11.4 Å². The van der Waals surface area contributed by atoms with Crippen LogP contribution in [0.15, 0.2) is 84.0 Å². The first-order valence-corrected chi connectivity index (χ1v) is 11.9. The van der Waals surface area contributed by atoms with Crippen molar-refractivity contribution in [1.29, 1.82) is 0 Å². The molecule has 4 aromatic rings. The zero-order valence-electron chi connectivity index (χ0n) is 19.0. The van der Waals surface area contributed by atoms with E-state index in [1.807, 2.05) is 66.9 Å². The molecule has 3 aromatic carbocycles. The van der Waals surface area contributed by atoms with Gasteiger partial charge >= 0.3 is 0 Å². The van der Waals surface area contributed by atoms with Gasteiger partial charge in [0.05, 0.1) is 17.0 Å².